The fraction of sp³-hybridized carbons (Fsp3) is 0.438. The van der Waals surface area contributed by atoms with Crippen LogP contribution in [0.5, 0.6) is 0 Å². The van der Waals surface area contributed by atoms with Crippen LogP contribution in [0.4, 0.5) is 4.79 Å². The van der Waals surface area contributed by atoms with Crippen molar-refractivity contribution in [3.63, 3.8) is 0 Å². The minimum atomic E-state index is -0.487. The zero-order valence-electron chi connectivity index (χ0n) is 12.3. The van der Waals surface area contributed by atoms with E-state index in [1.54, 1.807) is 0 Å². The third kappa shape index (κ3) is 6.95. The number of rotatable bonds is 5. The van der Waals surface area contributed by atoms with Gasteiger partial charge in [-0.15, -0.1) is 0 Å². The molecule has 0 atom stereocenters. The molecule has 20 heavy (non-hydrogen) atoms. The quantitative estimate of drug-likeness (QED) is 0.869. The van der Waals surface area contributed by atoms with Gasteiger partial charge in [-0.25, -0.2) is 4.79 Å². The number of carbonyl (C=O) groups is 1. The van der Waals surface area contributed by atoms with Crippen molar-refractivity contribution in [2.75, 3.05) is 6.61 Å². The van der Waals surface area contributed by atoms with Gasteiger partial charge in [-0.2, -0.15) is 0 Å². The first kappa shape index (κ1) is 16.2. The van der Waals surface area contributed by atoms with E-state index < -0.39 is 11.7 Å². The molecule has 1 amide bonds. The van der Waals surface area contributed by atoms with Crippen molar-refractivity contribution in [3.05, 3.63) is 41.5 Å². The summed E-state index contributed by atoms with van der Waals surface area (Å²) >= 11 is 0. The Bertz CT molecular complexity index is 461. The van der Waals surface area contributed by atoms with Gasteiger partial charge in [0.15, 0.2) is 0 Å². The number of ether oxygens (including phenoxy) is 1. The summed E-state index contributed by atoms with van der Waals surface area (Å²) in [4.78, 5) is 11.6. The lowest BCUT2D eigenvalue weighted by atomic mass is 10.1. The third-order valence-electron chi connectivity index (χ3n) is 2.39. The van der Waals surface area contributed by atoms with Gasteiger partial charge in [-0.05, 0) is 44.4 Å². The first-order valence-electron chi connectivity index (χ1n) is 6.74. The summed E-state index contributed by atoms with van der Waals surface area (Å²) in [5.41, 5.74) is 1.56. The second-order valence-electron chi connectivity index (χ2n) is 5.52. The Morgan fingerprint density at radius 1 is 1.40 bits per heavy atom. The predicted molar refractivity (Wildman–Crippen MR) is 80.3 cm³/mol. The Balaban J connectivity index is 2.52. The standard InChI is InChI=1S/C16H23NO3/c1-16(2,3)20-15(19)17-12-14-9-6-8-13(11-14)7-4-5-10-18/h4,6-9,11,18H,5,10,12H2,1-3H3,(H,17,19). The van der Waals surface area contributed by atoms with Crippen molar-refractivity contribution in [1.82, 2.24) is 5.32 Å². The van der Waals surface area contributed by atoms with E-state index in [9.17, 15) is 4.79 Å². The van der Waals surface area contributed by atoms with E-state index in [0.717, 1.165) is 11.1 Å². The molecule has 4 heteroatoms. The second-order valence-corrected chi connectivity index (χ2v) is 5.52. The number of aliphatic hydroxyl groups excluding tert-OH is 1. The highest BCUT2D eigenvalue weighted by Crippen LogP contribution is 2.09. The molecule has 0 radical (unpaired) electrons. The molecule has 1 aromatic carbocycles. The smallest absolute Gasteiger partial charge is 0.407 e. The molecule has 110 valence electrons. The van der Waals surface area contributed by atoms with Gasteiger partial charge in [0.05, 0.1) is 0 Å². The predicted octanol–water partition coefficient (Wildman–Crippen LogP) is 3.11. The monoisotopic (exact) mass is 277 g/mol. The number of hydrogen-bond acceptors (Lipinski definition) is 3. The maximum atomic E-state index is 11.6. The topological polar surface area (TPSA) is 58.6 Å². The van der Waals surface area contributed by atoms with Gasteiger partial charge in [-0.1, -0.05) is 30.4 Å². The highest BCUT2D eigenvalue weighted by Gasteiger charge is 2.15. The summed E-state index contributed by atoms with van der Waals surface area (Å²) in [7, 11) is 0. The molecule has 0 spiro atoms. The SMILES string of the molecule is CC(C)(C)OC(=O)NCc1cccc(C=CCCO)c1. The molecule has 1 rings (SSSR count). The number of amides is 1. The zero-order chi connectivity index (χ0) is 15.0. The molecule has 0 saturated heterocycles. The van der Waals surface area contributed by atoms with Crippen molar-refractivity contribution in [3.8, 4) is 0 Å². The van der Waals surface area contributed by atoms with Crippen molar-refractivity contribution in [2.24, 2.45) is 0 Å². The van der Waals surface area contributed by atoms with E-state index in [1.807, 2.05) is 57.2 Å². The average Bonchev–Trinajstić information content (AvgIpc) is 2.35. The first-order chi connectivity index (χ1) is 9.40. The molecule has 0 fully saturated rings. The molecule has 0 unspecified atom stereocenters. The van der Waals surface area contributed by atoms with E-state index in [1.165, 1.54) is 0 Å². The number of carbonyl (C=O) groups excluding carboxylic acids is 1. The van der Waals surface area contributed by atoms with Crippen molar-refractivity contribution >= 4 is 12.2 Å². The van der Waals surface area contributed by atoms with Crippen molar-refractivity contribution < 1.29 is 14.6 Å². The highest BCUT2D eigenvalue weighted by atomic mass is 16.6. The lowest BCUT2D eigenvalue weighted by Gasteiger charge is -2.19. The van der Waals surface area contributed by atoms with Gasteiger partial charge in [0.25, 0.3) is 0 Å². The number of alkyl carbamates (subject to hydrolysis) is 1. The molecule has 0 heterocycles. The first-order valence-corrected chi connectivity index (χ1v) is 6.74. The van der Waals surface area contributed by atoms with Crippen molar-refractivity contribution in [1.29, 1.82) is 0 Å². The molecule has 0 aromatic heterocycles. The molecule has 0 bridgehead atoms. The van der Waals surface area contributed by atoms with Gasteiger partial charge in [-0.3, -0.25) is 0 Å². The number of nitrogens with one attached hydrogen (secondary N) is 1. The molecule has 4 nitrogen and oxygen atoms in total. The van der Waals surface area contributed by atoms with Crippen LogP contribution in [0.3, 0.4) is 0 Å². The Labute approximate surface area is 120 Å². The molecule has 0 aliphatic rings. The summed E-state index contributed by atoms with van der Waals surface area (Å²) in [6.07, 6.45) is 4.09. The summed E-state index contributed by atoms with van der Waals surface area (Å²) in [5, 5.41) is 11.4. The van der Waals surface area contributed by atoms with Crippen LogP contribution in [0, 0.1) is 0 Å². The van der Waals surface area contributed by atoms with E-state index in [-0.39, 0.29) is 6.61 Å². The van der Waals surface area contributed by atoms with Crippen LogP contribution >= 0.6 is 0 Å². The largest absolute Gasteiger partial charge is 0.444 e. The molecule has 0 aliphatic heterocycles. The molecule has 1 aromatic rings. The van der Waals surface area contributed by atoms with Crippen LogP contribution < -0.4 is 5.32 Å². The van der Waals surface area contributed by atoms with Crippen LogP contribution in [0.2, 0.25) is 0 Å². The van der Waals surface area contributed by atoms with E-state index in [0.29, 0.717) is 13.0 Å². The van der Waals surface area contributed by atoms with Gasteiger partial charge >= 0.3 is 6.09 Å². The van der Waals surface area contributed by atoms with Crippen LogP contribution in [0.1, 0.15) is 38.3 Å². The number of hydrogen-bond donors (Lipinski definition) is 2. The minimum absolute atomic E-state index is 0.149. The van der Waals surface area contributed by atoms with Crippen LogP contribution in [-0.2, 0) is 11.3 Å². The Kier molecular flexibility index (Phi) is 6.25. The van der Waals surface area contributed by atoms with Gasteiger partial charge < -0.3 is 15.2 Å². The van der Waals surface area contributed by atoms with E-state index in [2.05, 4.69) is 5.32 Å². The third-order valence-corrected chi connectivity index (χ3v) is 2.39. The molecule has 2 N–H and O–H groups in total. The Hall–Kier alpha value is -1.81. The highest BCUT2D eigenvalue weighted by molar-refractivity contribution is 5.67. The lowest BCUT2D eigenvalue weighted by Crippen LogP contribution is -2.32. The van der Waals surface area contributed by atoms with Crippen LogP contribution in [0.25, 0.3) is 6.08 Å². The van der Waals surface area contributed by atoms with E-state index in [4.69, 9.17) is 9.84 Å². The van der Waals surface area contributed by atoms with Crippen LogP contribution in [0.15, 0.2) is 30.3 Å². The Morgan fingerprint density at radius 3 is 2.80 bits per heavy atom. The molecular weight excluding hydrogens is 254 g/mol. The van der Waals surface area contributed by atoms with Gasteiger partial charge in [0, 0.05) is 13.2 Å². The normalized spacial score (nSPS) is 11.6. The fourth-order valence-electron chi connectivity index (χ4n) is 1.59. The molecule has 0 aliphatic carbocycles. The fourth-order valence-corrected chi connectivity index (χ4v) is 1.59. The van der Waals surface area contributed by atoms with E-state index >= 15 is 0 Å². The summed E-state index contributed by atoms with van der Waals surface area (Å²) in [6.45, 7) is 6.07. The second kappa shape index (κ2) is 7.70. The molecule has 0 saturated carbocycles. The van der Waals surface area contributed by atoms with Crippen LogP contribution in [-0.4, -0.2) is 23.4 Å². The number of aliphatic hydroxyl groups is 1. The van der Waals surface area contributed by atoms with Gasteiger partial charge in [0.2, 0.25) is 0 Å². The lowest BCUT2D eigenvalue weighted by molar-refractivity contribution is 0.0523. The maximum absolute atomic E-state index is 11.6. The average molecular weight is 277 g/mol. The molecular formula is C16H23NO3. The van der Waals surface area contributed by atoms with Gasteiger partial charge in [0.1, 0.15) is 5.60 Å². The summed E-state index contributed by atoms with van der Waals surface area (Å²) in [6, 6.07) is 7.85. The number of benzene rings is 1. The summed E-state index contributed by atoms with van der Waals surface area (Å²) < 4.78 is 5.18. The van der Waals surface area contributed by atoms with Crippen molar-refractivity contribution in [2.45, 2.75) is 39.3 Å². The maximum Gasteiger partial charge on any atom is 0.407 e. The Morgan fingerprint density at radius 2 is 2.15 bits per heavy atom. The summed E-state index contributed by atoms with van der Waals surface area (Å²) in [5.74, 6) is 0. The minimum Gasteiger partial charge on any atom is -0.444 e. The zero-order valence-corrected chi connectivity index (χ0v) is 12.3.